The molecule has 2 aromatic carbocycles. The van der Waals surface area contributed by atoms with E-state index in [1.165, 1.54) is 11.1 Å². The molecule has 7 heteroatoms. The predicted octanol–water partition coefficient (Wildman–Crippen LogP) is 4.77. The van der Waals surface area contributed by atoms with Gasteiger partial charge < -0.3 is 4.98 Å². The molecule has 0 unspecified atom stereocenters. The van der Waals surface area contributed by atoms with Crippen molar-refractivity contribution in [3.05, 3.63) is 87.5 Å². The number of tetrazole rings is 1. The van der Waals surface area contributed by atoms with Crippen LogP contribution in [0, 0.1) is 6.92 Å². The van der Waals surface area contributed by atoms with Gasteiger partial charge in [-0.2, -0.15) is 0 Å². The first-order chi connectivity index (χ1) is 16.3. The van der Waals surface area contributed by atoms with Gasteiger partial charge in [0.05, 0.1) is 11.6 Å². The van der Waals surface area contributed by atoms with E-state index in [-0.39, 0.29) is 17.1 Å². The summed E-state index contributed by atoms with van der Waals surface area (Å²) in [6.45, 7) is 11.8. The molecule has 7 nitrogen and oxygen atoms in total. The van der Waals surface area contributed by atoms with Crippen molar-refractivity contribution in [1.29, 1.82) is 0 Å². The van der Waals surface area contributed by atoms with E-state index in [9.17, 15) is 4.79 Å². The van der Waals surface area contributed by atoms with E-state index in [0.717, 1.165) is 41.7 Å². The van der Waals surface area contributed by atoms with Crippen molar-refractivity contribution >= 4 is 10.9 Å². The van der Waals surface area contributed by atoms with Crippen LogP contribution < -0.4 is 5.56 Å². The Hall–Kier alpha value is -3.32. The van der Waals surface area contributed by atoms with Gasteiger partial charge >= 0.3 is 0 Å². The van der Waals surface area contributed by atoms with Crippen molar-refractivity contribution < 1.29 is 0 Å². The number of hydrogen-bond donors (Lipinski definition) is 1. The van der Waals surface area contributed by atoms with Gasteiger partial charge in [-0.25, -0.2) is 4.68 Å². The maximum absolute atomic E-state index is 13.0. The molecule has 0 saturated heterocycles. The molecule has 178 valence electrons. The molecule has 0 bridgehead atoms. The molecule has 2 heterocycles. The molecule has 0 aliphatic heterocycles. The SMILES string of the molecule is CC[C@H](c1nnnn1C(C)(C)C)N(CCc1ccccc1)Cc1cc2cc(C)ccc2[nH]c1=O. The molecular weight excluding hydrogens is 424 g/mol. The average molecular weight is 459 g/mol. The highest BCUT2D eigenvalue weighted by molar-refractivity contribution is 5.79. The second kappa shape index (κ2) is 9.89. The van der Waals surface area contributed by atoms with E-state index in [1.807, 2.05) is 28.9 Å². The number of rotatable bonds is 8. The second-order valence-corrected chi connectivity index (χ2v) is 9.96. The van der Waals surface area contributed by atoms with Crippen molar-refractivity contribution in [3.8, 4) is 0 Å². The van der Waals surface area contributed by atoms with E-state index in [2.05, 4.69) is 90.4 Å². The number of nitrogens with zero attached hydrogens (tertiary/aromatic N) is 5. The van der Waals surface area contributed by atoms with Crippen LogP contribution in [-0.4, -0.2) is 36.6 Å². The Balaban J connectivity index is 1.72. The van der Waals surface area contributed by atoms with Gasteiger partial charge in [-0.1, -0.05) is 48.9 Å². The predicted molar refractivity (Wildman–Crippen MR) is 136 cm³/mol. The molecule has 0 saturated carbocycles. The molecule has 4 rings (SSSR count). The molecule has 0 aliphatic carbocycles. The zero-order valence-corrected chi connectivity index (χ0v) is 20.7. The van der Waals surface area contributed by atoms with E-state index >= 15 is 0 Å². The van der Waals surface area contributed by atoms with Gasteiger partial charge in [0.15, 0.2) is 5.82 Å². The number of benzene rings is 2. The minimum absolute atomic E-state index is 0.0226. The van der Waals surface area contributed by atoms with Crippen LogP contribution in [0.5, 0.6) is 0 Å². The summed E-state index contributed by atoms with van der Waals surface area (Å²) in [6, 6.07) is 18.5. The molecule has 0 radical (unpaired) electrons. The van der Waals surface area contributed by atoms with Crippen LogP contribution in [-0.2, 0) is 18.5 Å². The monoisotopic (exact) mass is 458 g/mol. The third kappa shape index (κ3) is 5.25. The van der Waals surface area contributed by atoms with Gasteiger partial charge in [0.1, 0.15) is 0 Å². The van der Waals surface area contributed by atoms with E-state index < -0.39 is 0 Å². The Morgan fingerprint density at radius 1 is 1.09 bits per heavy atom. The van der Waals surface area contributed by atoms with Gasteiger partial charge in [-0.3, -0.25) is 9.69 Å². The highest BCUT2D eigenvalue weighted by Crippen LogP contribution is 2.27. The van der Waals surface area contributed by atoms with Gasteiger partial charge in [0.25, 0.3) is 5.56 Å². The summed E-state index contributed by atoms with van der Waals surface area (Å²) >= 11 is 0. The highest BCUT2D eigenvalue weighted by Gasteiger charge is 2.29. The number of H-pyrrole nitrogens is 1. The number of nitrogens with one attached hydrogen (secondary N) is 1. The molecule has 1 atom stereocenters. The lowest BCUT2D eigenvalue weighted by atomic mass is 10.0. The summed E-state index contributed by atoms with van der Waals surface area (Å²) in [5.41, 5.74) is 3.75. The fourth-order valence-electron chi connectivity index (χ4n) is 4.45. The molecule has 4 aromatic rings. The maximum atomic E-state index is 13.0. The third-order valence-electron chi connectivity index (χ3n) is 6.24. The first-order valence-corrected chi connectivity index (χ1v) is 12.0. The summed E-state index contributed by atoms with van der Waals surface area (Å²) < 4.78 is 1.91. The zero-order valence-electron chi connectivity index (χ0n) is 20.7. The fourth-order valence-corrected chi connectivity index (χ4v) is 4.45. The van der Waals surface area contributed by atoms with Gasteiger partial charge in [-0.15, -0.1) is 5.10 Å². The number of pyridine rings is 1. The maximum Gasteiger partial charge on any atom is 0.252 e. The van der Waals surface area contributed by atoms with E-state index in [4.69, 9.17) is 0 Å². The summed E-state index contributed by atoms with van der Waals surface area (Å²) in [4.78, 5) is 18.4. The number of fused-ring (bicyclic) bond motifs is 1. The van der Waals surface area contributed by atoms with Crippen LogP contribution in [0.4, 0.5) is 0 Å². The van der Waals surface area contributed by atoms with Gasteiger partial charge in [-0.05, 0) is 80.1 Å². The molecule has 0 amide bonds. The first-order valence-electron chi connectivity index (χ1n) is 12.0. The van der Waals surface area contributed by atoms with E-state index in [1.54, 1.807) is 0 Å². The summed E-state index contributed by atoms with van der Waals surface area (Å²) in [6.07, 6.45) is 1.70. The molecule has 1 N–H and O–H groups in total. The van der Waals surface area contributed by atoms with Crippen LogP contribution >= 0.6 is 0 Å². The number of aromatic nitrogens is 5. The standard InChI is InChI=1S/C27H34N6O/c1-6-24(25-29-30-31-33(25)27(3,4)5)32(15-14-20-10-8-7-9-11-20)18-22-17-21-16-19(2)12-13-23(21)28-26(22)34/h7-13,16-17,24H,6,14-15,18H2,1-5H3,(H,28,34)/t24-/m1/s1. The molecular formula is C27H34N6O. The van der Waals surface area contributed by atoms with Crippen molar-refractivity contribution in [2.45, 2.75) is 65.6 Å². The van der Waals surface area contributed by atoms with Crippen LogP contribution in [0.25, 0.3) is 10.9 Å². The normalized spacial score (nSPS) is 13.0. The lowest BCUT2D eigenvalue weighted by molar-refractivity contribution is 0.163. The van der Waals surface area contributed by atoms with Crippen LogP contribution in [0.15, 0.2) is 59.4 Å². The molecule has 0 aliphatic rings. The third-order valence-corrected chi connectivity index (χ3v) is 6.24. The second-order valence-electron chi connectivity index (χ2n) is 9.96. The molecule has 0 spiro atoms. The van der Waals surface area contributed by atoms with Crippen molar-refractivity contribution in [1.82, 2.24) is 30.1 Å². The average Bonchev–Trinajstić information content (AvgIpc) is 3.29. The smallest absolute Gasteiger partial charge is 0.252 e. The van der Waals surface area contributed by atoms with E-state index in [0.29, 0.717) is 6.54 Å². The topological polar surface area (TPSA) is 79.7 Å². The molecule has 0 fully saturated rings. The van der Waals surface area contributed by atoms with Gasteiger partial charge in [0.2, 0.25) is 0 Å². The molecule has 2 aromatic heterocycles. The molecule has 34 heavy (non-hydrogen) atoms. The summed E-state index contributed by atoms with van der Waals surface area (Å²) in [7, 11) is 0. The first kappa shape index (κ1) is 23.8. The van der Waals surface area contributed by atoms with Crippen LogP contribution in [0.3, 0.4) is 0 Å². The zero-order chi connectivity index (χ0) is 24.3. The minimum atomic E-state index is -0.241. The summed E-state index contributed by atoms with van der Waals surface area (Å²) in [5.74, 6) is 0.830. The fraction of sp³-hybridized carbons (Fsp3) is 0.407. The highest BCUT2D eigenvalue weighted by atomic mass is 16.1. The Labute approximate surface area is 200 Å². The Kier molecular flexibility index (Phi) is 6.93. The summed E-state index contributed by atoms with van der Waals surface area (Å²) in [5, 5.41) is 13.8. The Bertz CT molecular complexity index is 1300. The lowest BCUT2D eigenvalue weighted by Crippen LogP contribution is -2.36. The number of aryl methyl sites for hydroxylation is 1. The Morgan fingerprint density at radius 2 is 1.85 bits per heavy atom. The minimum Gasteiger partial charge on any atom is -0.322 e. The van der Waals surface area contributed by atoms with Crippen molar-refractivity contribution in [3.63, 3.8) is 0 Å². The number of hydrogen-bond acceptors (Lipinski definition) is 5. The van der Waals surface area contributed by atoms with Crippen LogP contribution in [0.2, 0.25) is 0 Å². The Morgan fingerprint density at radius 3 is 2.56 bits per heavy atom. The largest absolute Gasteiger partial charge is 0.322 e. The van der Waals surface area contributed by atoms with Crippen LogP contribution in [0.1, 0.15) is 62.7 Å². The quantitative estimate of drug-likeness (QED) is 0.411. The lowest BCUT2D eigenvalue weighted by Gasteiger charge is -2.32. The number of aromatic amines is 1. The van der Waals surface area contributed by atoms with Crippen molar-refractivity contribution in [2.24, 2.45) is 0 Å². The van der Waals surface area contributed by atoms with Crippen molar-refractivity contribution in [2.75, 3.05) is 6.54 Å². The van der Waals surface area contributed by atoms with Gasteiger partial charge in [0, 0.05) is 24.2 Å².